The summed E-state index contributed by atoms with van der Waals surface area (Å²) in [6, 6.07) is 0. The molecule has 0 radical (unpaired) electrons. The molecular formula is C18H34N2. The number of unbranched alkanes of at least 4 members (excludes halogenated alkanes) is 2. The van der Waals surface area contributed by atoms with Crippen LogP contribution in [0.25, 0.3) is 0 Å². The van der Waals surface area contributed by atoms with E-state index in [1.807, 2.05) is 0 Å². The molecule has 0 unspecified atom stereocenters. The van der Waals surface area contributed by atoms with Crippen molar-refractivity contribution < 1.29 is 0 Å². The van der Waals surface area contributed by atoms with E-state index < -0.39 is 0 Å². The highest BCUT2D eigenvalue weighted by atomic mass is 15.2. The first-order valence-corrected chi connectivity index (χ1v) is 9.23. The Balaban J connectivity index is 1.63. The fourth-order valence-corrected chi connectivity index (χ4v) is 5.10. The van der Waals surface area contributed by atoms with Crippen molar-refractivity contribution in [3.63, 3.8) is 0 Å². The van der Waals surface area contributed by atoms with Gasteiger partial charge in [-0.15, -0.1) is 0 Å². The van der Waals surface area contributed by atoms with Crippen molar-refractivity contribution >= 4 is 0 Å². The maximum atomic E-state index is 2.81. The second-order valence-electron chi connectivity index (χ2n) is 7.71. The van der Waals surface area contributed by atoms with Crippen LogP contribution < -0.4 is 0 Å². The lowest BCUT2D eigenvalue weighted by Gasteiger charge is -2.63. The van der Waals surface area contributed by atoms with E-state index in [1.165, 1.54) is 71.4 Å². The van der Waals surface area contributed by atoms with Crippen LogP contribution >= 0.6 is 0 Å². The van der Waals surface area contributed by atoms with Gasteiger partial charge in [0.05, 0.1) is 0 Å². The lowest BCUT2D eigenvalue weighted by Crippen LogP contribution is -2.65. The van der Waals surface area contributed by atoms with Gasteiger partial charge in [-0.3, -0.25) is 0 Å². The molecule has 0 aromatic rings. The van der Waals surface area contributed by atoms with Gasteiger partial charge in [-0.1, -0.05) is 33.1 Å². The minimum Gasteiger partial charge on any atom is -0.303 e. The molecule has 2 heterocycles. The van der Waals surface area contributed by atoms with Crippen LogP contribution in [0.5, 0.6) is 0 Å². The molecule has 0 aromatic carbocycles. The van der Waals surface area contributed by atoms with E-state index in [4.69, 9.17) is 0 Å². The number of rotatable bonds is 6. The summed E-state index contributed by atoms with van der Waals surface area (Å²) in [6.45, 7) is 13.0. The van der Waals surface area contributed by atoms with Crippen LogP contribution in [0.2, 0.25) is 0 Å². The maximum Gasteiger partial charge on any atom is 0.00275 e. The summed E-state index contributed by atoms with van der Waals surface area (Å²) in [5.41, 5.74) is 0.783. The Morgan fingerprint density at radius 3 is 1.55 bits per heavy atom. The predicted octanol–water partition coefficient (Wildman–Crippen LogP) is 3.62. The minimum atomic E-state index is 0.783. The molecule has 2 bridgehead atoms. The van der Waals surface area contributed by atoms with Gasteiger partial charge in [-0.25, -0.2) is 0 Å². The van der Waals surface area contributed by atoms with E-state index in [1.54, 1.807) is 12.8 Å². The van der Waals surface area contributed by atoms with E-state index >= 15 is 0 Å². The summed E-state index contributed by atoms with van der Waals surface area (Å²) in [6.07, 6.45) is 10.1. The molecule has 3 aliphatic rings. The van der Waals surface area contributed by atoms with Gasteiger partial charge in [-0.05, 0) is 56.0 Å². The highest BCUT2D eigenvalue weighted by Crippen LogP contribution is 2.57. The van der Waals surface area contributed by atoms with Gasteiger partial charge < -0.3 is 9.80 Å². The van der Waals surface area contributed by atoms with Crippen molar-refractivity contribution in [1.29, 1.82) is 0 Å². The largest absolute Gasteiger partial charge is 0.303 e. The number of nitrogens with zero attached hydrogens (tertiary/aromatic N) is 2. The van der Waals surface area contributed by atoms with Crippen LogP contribution in [0.3, 0.4) is 0 Å². The van der Waals surface area contributed by atoms with E-state index in [2.05, 4.69) is 23.6 Å². The summed E-state index contributed by atoms with van der Waals surface area (Å²) in [5, 5.41) is 0. The molecule has 1 aliphatic carbocycles. The zero-order valence-corrected chi connectivity index (χ0v) is 13.7. The normalized spacial score (nSPS) is 33.3. The summed E-state index contributed by atoms with van der Waals surface area (Å²) in [7, 11) is 0. The lowest BCUT2D eigenvalue weighted by atomic mass is 9.51. The maximum absolute atomic E-state index is 2.81. The molecule has 3 rings (SSSR count). The van der Waals surface area contributed by atoms with E-state index in [9.17, 15) is 0 Å². The van der Waals surface area contributed by atoms with Gasteiger partial charge in [0, 0.05) is 26.2 Å². The lowest BCUT2D eigenvalue weighted by molar-refractivity contribution is -0.135. The molecule has 2 heteroatoms. The molecular weight excluding hydrogens is 244 g/mol. The SMILES string of the molecule is CCCCN1CC2CN(CCCC)CC(C1)C21CCC1. The topological polar surface area (TPSA) is 6.48 Å². The van der Waals surface area contributed by atoms with Crippen LogP contribution in [-0.2, 0) is 0 Å². The smallest absolute Gasteiger partial charge is 0.00275 e. The Morgan fingerprint density at radius 1 is 0.800 bits per heavy atom. The third-order valence-corrected chi connectivity index (χ3v) is 6.48. The first kappa shape index (κ1) is 14.8. The molecule has 1 saturated carbocycles. The highest BCUT2D eigenvalue weighted by Gasteiger charge is 2.55. The molecule has 0 aromatic heterocycles. The van der Waals surface area contributed by atoms with Crippen molar-refractivity contribution in [2.75, 3.05) is 39.3 Å². The number of likely N-dealkylation sites (tertiary alicyclic amines) is 2. The van der Waals surface area contributed by atoms with E-state index in [0.717, 1.165) is 17.3 Å². The third-order valence-electron chi connectivity index (χ3n) is 6.48. The van der Waals surface area contributed by atoms with Crippen molar-refractivity contribution in [3.8, 4) is 0 Å². The van der Waals surface area contributed by atoms with Gasteiger partial charge in [0.2, 0.25) is 0 Å². The van der Waals surface area contributed by atoms with Crippen molar-refractivity contribution in [3.05, 3.63) is 0 Å². The van der Waals surface area contributed by atoms with Gasteiger partial charge in [0.15, 0.2) is 0 Å². The number of hydrogen-bond acceptors (Lipinski definition) is 2. The highest BCUT2D eigenvalue weighted by molar-refractivity contribution is 5.07. The number of piperidine rings is 2. The van der Waals surface area contributed by atoms with Crippen molar-refractivity contribution in [2.24, 2.45) is 17.3 Å². The minimum absolute atomic E-state index is 0.783. The number of hydrogen-bond donors (Lipinski definition) is 0. The average Bonchev–Trinajstić information content (AvgIpc) is 2.39. The van der Waals surface area contributed by atoms with Crippen molar-refractivity contribution in [2.45, 2.75) is 58.8 Å². The van der Waals surface area contributed by atoms with Crippen LogP contribution in [0, 0.1) is 17.3 Å². The van der Waals surface area contributed by atoms with Gasteiger partial charge in [-0.2, -0.15) is 0 Å². The Hall–Kier alpha value is -0.0800. The third kappa shape index (κ3) is 2.66. The Kier molecular flexibility index (Phi) is 4.72. The second-order valence-corrected chi connectivity index (χ2v) is 7.71. The second kappa shape index (κ2) is 6.36. The molecule has 2 nitrogen and oxygen atoms in total. The van der Waals surface area contributed by atoms with E-state index in [-0.39, 0.29) is 0 Å². The van der Waals surface area contributed by atoms with Gasteiger partial charge in [0.1, 0.15) is 0 Å². The van der Waals surface area contributed by atoms with Crippen LogP contribution in [-0.4, -0.2) is 49.1 Å². The summed E-state index contributed by atoms with van der Waals surface area (Å²) in [4.78, 5) is 5.61. The fourth-order valence-electron chi connectivity index (χ4n) is 5.10. The molecule has 20 heavy (non-hydrogen) atoms. The molecule has 0 atom stereocenters. The summed E-state index contributed by atoms with van der Waals surface area (Å²) >= 11 is 0. The average molecular weight is 278 g/mol. The predicted molar refractivity (Wildman–Crippen MR) is 86.0 cm³/mol. The van der Waals surface area contributed by atoms with Gasteiger partial charge >= 0.3 is 0 Å². The van der Waals surface area contributed by atoms with Crippen LogP contribution in [0.1, 0.15) is 58.8 Å². The standard InChI is InChI=1S/C18H34N2/c1-3-5-10-19-12-16-14-20(11-6-4-2)15-17(13-19)18(16)8-7-9-18/h16-17H,3-15H2,1-2H3. The fraction of sp³-hybridized carbons (Fsp3) is 1.00. The molecule has 3 fully saturated rings. The van der Waals surface area contributed by atoms with Crippen LogP contribution in [0.4, 0.5) is 0 Å². The first-order chi connectivity index (χ1) is 9.78. The molecule has 116 valence electrons. The zero-order valence-electron chi connectivity index (χ0n) is 13.7. The van der Waals surface area contributed by atoms with Crippen molar-refractivity contribution in [1.82, 2.24) is 9.80 Å². The summed E-state index contributed by atoms with van der Waals surface area (Å²) < 4.78 is 0. The molecule has 1 spiro atoms. The Morgan fingerprint density at radius 2 is 1.25 bits per heavy atom. The zero-order chi connectivity index (χ0) is 14.0. The molecule has 2 saturated heterocycles. The molecule has 2 aliphatic heterocycles. The Bertz CT molecular complexity index is 273. The van der Waals surface area contributed by atoms with Gasteiger partial charge in [0.25, 0.3) is 0 Å². The molecule has 0 amide bonds. The Labute approximate surface area is 125 Å². The quantitative estimate of drug-likeness (QED) is 0.732. The first-order valence-electron chi connectivity index (χ1n) is 9.23. The van der Waals surface area contributed by atoms with Crippen LogP contribution in [0.15, 0.2) is 0 Å². The monoisotopic (exact) mass is 278 g/mol. The molecule has 0 N–H and O–H groups in total. The summed E-state index contributed by atoms with van der Waals surface area (Å²) in [5.74, 6) is 1.97. The van der Waals surface area contributed by atoms with E-state index in [0.29, 0.717) is 0 Å².